The normalized spacial score (nSPS) is 27.2. The van der Waals surface area contributed by atoms with Gasteiger partial charge in [-0.3, -0.25) is 24.1 Å². The molecule has 7 heteroatoms. The predicted molar refractivity (Wildman–Crippen MR) is 193 cm³/mol. The number of para-hydroxylation sites is 1. The number of halogens is 1. The number of allylic oxidation sites excluding steroid dienone is 5. The van der Waals surface area contributed by atoms with Gasteiger partial charge in [0.15, 0.2) is 11.6 Å². The number of rotatable bonds is 6. The van der Waals surface area contributed by atoms with Gasteiger partial charge >= 0.3 is 0 Å². The molecule has 50 heavy (non-hydrogen) atoms. The van der Waals surface area contributed by atoms with Crippen LogP contribution in [0.25, 0.3) is 5.57 Å². The molecule has 1 N–H and O–H groups in total. The number of imide groups is 1. The molecule has 4 aromatic rings. The van der Waals surface area contributed by atoms with Gasteiger partial charge in [0.05, 0.1) is 22.9 Å². The third-order valence-corrected chi connectivity index (χ3v) is 11.5. The van der Waals surface area contributed by atoms with Crippen molar-refractivity contribution in [3.63, 3.8) is 0 Å². The van der Waals surface area contributed by atoms with Crippen LogP contribution in [0.4, 0.5) is 5.69 Å². The fourth-order valence-electron chi connectivity index (χ4n) is 9.23. The molecule has 0 bridgehead atoms. The fraction of sp³-hybridized carbons (Fsp3) is 0.209. The molecule has 4 aliphatic rings. The van der Waals surface area contributed by atoms with Crippen LogP contribution in [0.3, 0.4) is 0 Å². The van der Waals surface area contributed by atoms with Gasteiger partial charge in [0.1, 0.15) is 5.75 Å². The summed E-state index contributed by atoms with van der Waals surface area (Å²) < 4.78 is 0. The third kappa shape index (κ3) is 4.62. The number of phenolic OH excluding ortho intramolecular Hbond substituents is 1. The highest BCUT2D eigenvalue weighted by atomic mass is 35.5. The van der Waals surface area contributed by atoms with Gasteiger partial charge in [0.2, 0.25) is 11.8 Å². The predicted octanol–water partition coefficient (Wildman–Crippen LogP) is 7.80. The van der Waals surface area contributed by atoms with E-state index in [-0.39, 0.29) is 42.0 Å². The van der Waals surface area contributed by atoms with E-state index in [4.69, 9.17) is 11.6 Å². The number of amides is 2. The van der Waals surface area contributed by atoms with E-state index in [1.807, 2.05) is 84.9 Å². The van der Waals surface area contributed by atoms with Crippen LogP contribution in [0.2, 0.25) is 5.02 Å². The van der Waals surface area contributed by atoms with E-state index in [0.717, 1.165) is 5.57 Å². The summed E-state index contributed by atoms with van der Waals surface area (Å²) in [6.07, 6.45) is 6.07. The summed E-state index contributed by atoms with van der Waals surface area (Å²) in [5, 5.41) is 12.5. The smallest absolute Gasteiger partial charge is 0.238 e. The summed E-state index contributed by atoms with van der Waals surface area (Å²) in [6.45, 7) is 3.87. The molecule has 6 atom stereocenters. The molecule has 0 aromatic heterocycles. The zero-order valence-corrected chi connectivity index (χ0v) is 27.9. The molecule has 4 aromatic carbocycles. The van der Waals surface area contributed by atoms with Crippen LogP contribution < -0.4 is 4.90 Å². The van der Waals surface area contributed by atoms with Crippen LogP contribution in [-0.4, -0.2) is 28.5 Å². The Hall–Kier alpha value is -5.33. The molecule has 0 radical (unpaired) electrons. The number of carbonyl (C=O) groups excluding carboxylic acids is 4. The average molecular weight is 680 g/mol. The van der Waals surface area contributed by atoms with Crippen molar-refractivity contribution in [3.8, 4) is 5.75 Å². The maximum absolute atomic E-state index is 15.2. The molecule has 8 rings (SSSR count). The van der Waals surface area contributed by atoms with Crippen molar-refractivity contribution in [2.75, 3.05) is 4.90 Å². The highest BCUT2D eigenvalue weighted by Gasteiger charge is 2.66. The monoisotopic (exact) mass is 679 g/mol. The lowest BCUT2D eigenvalue weighted by atomic mass is 9.44. The highest BCUT2D eigenvalue weighted by Crippen LogP contribution is 2.64. The lowest BCUT2D eigenvalue weighted by Crippen LogP contribution is -2.58. The van der Waals surface area contributed by atoms with Crippen LogP contribution in [0.1, 0.15) is 41.0 Å². The van der Waals surface area contributed by atoms with Crippen molar-refractivity contribution < 1.29 is 24.3 Å². The number of anilines is 1. The van der Waals surface area contributed by atoms with Gasteiger partial charge in [-0.05, 0) is 72.2 Å². The molecule has 2 amide bonds. The topological polar surface area (TPSA) is 91.8 Å². The zero-order chi connectivity index (χ0) is 34.7. The number of Topliss-reactive ketones (excluding diaryl/α,β-unsaturated/α-hetero) is 1. The number of nitrogens with zero attached hydrogens (tertiary/aromatic N) is 1. The van der Waals surface area contributed by atoms with Crippen molar-refractivity contribution in [2.45, 2.75) is 30.6 Å². The molecule has 1 heterocycles. The molecule has 6 unspecified atom stereocenters. The number of ketones is 2. The third-order valence-electron chi connectivity index (χ3n) is 11.3. The standard InChI is InChI=1S/C43H34ClNO5/c1-2-10-26-13-9-16-32(39(26)47)38-30-21-22-31-37(42(50)45(41(31)49)29-19-17-28(44)18-20-29)34(30)23-35-40(48)33(25-11-5-3-6-12-25)24-36(46)43(35,38)27-14-7-4-8-15-27/h2-9,11-21,24,31,34-35,37-38,47H,1,10,22-23H2. The van der Waals surface area contributed by atoms with Crippen LogP contribution in [0.15, 0.2) is 134 Å². The molecular formula is C43H34ClNO5. The minimum absolute atomic E-state index is 0.0323. The quantitative estimate of drug-likeness (QED) is 0.166. The largest absolute Gasteiger partial charge is 0.507 e. The zero-order valence-electron chi connectivity index (χ0n) is 27.2. The van der Waals surface area contributed by atoms with Crippen molar-refractivity contribution >= 4 is 46.2 Å². The van der Waals surface area contributed by atoms with Crippen LogP contribution in [0.5, 0.6) is 5.75 Å². The minimum atomic E-state index is -1.42. The second-order valence-corrected chi connectivity index (χ2v) is 14.1. The summed E-state index contributed by atoms with van der Waals surface area (Å²) in [6, 6.07) is 30.7. The lowest BCUT2D eigenvalue weighted by molar-refractivity contribution is -0.135. The van der Waals surface area contributed by atoms with Crippen molar-refractivity contribution in [1.29, 1.82) is 0 Å². The van der Waals surface area contributed by atoms with Crippen LogP contribution in [0, 0.1) is 23.7 Å². The Morgan fingerprint density at radius 3 is 2.24 bits per heavy atom. The Morgan fingerprint density at radius 2 is 1.54 bits per heavy atom. The van der Waals surface area contributed by atoms with Crippen molar-refractivity contribution in [3.05, 3.63) is 161 Å². The summed E-state index contributed by atoms with van der Waals surface area (Å²) in [5.41, 5.74) is 2.62. The molecule has 248 valence electrons. The Morgan fingerprint density at radius 1 is 0.840 bits per heavy atom. The van der Waals surface area contributed by atoms with Gasteiger partial charge in [-0.25, -0.2) is 0 Å². The summed E-state index contributed by atoms with van der Waals surface area (Å²) in [4.78, 5) is 60.0. The molecule has 2 fully saturated rings. The van der Waals surface area contributed by atoms with E-state index < -0.39 is 35.0 Å². The first-order chi connectivity index (χ1) is 24.3. The van der Waals surface area contributed by atoms with Crippen molar-refractivity contribution in [2.24, 2.45) is 23.7 Å². The number of fused-ring (bicyclic) bond motifs is 4. The van der Waals surface area contributed by atoms with Gasteiger partial charge in [-0.1, -0.05) is 108 Å². The first-order valence-electron chi connectivity index (χ1n) is 16.9. The fourth-order valence-corrected chi connectivity index (χ4v) is 9.35. The molecule has 1 saturated carbocycles. The van der Waals surface area contributed by atoms with E-state index >= 15 is 9.59 Å². The van der Waals surface area contributed by atoms with E-state index in [2.05, 4.69) is 6.58 Å². The van der Waals surface area contributed by atoms with E-state index in [0.29, 0.717) is 45.0 Å². The van der Waals surface area contributed by atoms with E-state index in [9.17, 15) is 14.7 Å². The second-order valence-electron chi connectivity index (χ2n) is 13.6. The van der Waals surface area contributed by atoms with Gasteiger partial charge in [0.25, 0.3) is 0 Å². The van der Waals surface area contributed by atoms with Crippen LogP contribution in [-0.2, 0) is 31.0 Å². The lowest BCUT2D eigenvalue weighted by Gasteiger charge is -2.55. The maximum atomic E-state index is 15.2. The number of hydrogen-bond donors (Lipinski definition) is 1. The summed E-state index contributed by atoms with van der Waals surface area (Å²) in [5.74, 6) is -4.62. The highest BCUT2D eigenvalue weighted by molar-refractivity contribution is 6.32. The number of phenols is 1. The summed E-state index contributed by atoms with van der Waals surface area (Å²) >= 11 is 6.15. The second kappa shape index (κ2) is 12.2. The number of carbonyl (C=O) groups is 4. The Labute approximate surface area is 295 Å². The first kappa shape index (κ1) is 31.9. The van der Waals surface area contributed by atoms with Gasteiger partial charge in [-0.2, -0.15) is 0 Å². The molecular weight excluding hydrogens is 646 g/mol. The molecule has 1 aliphatic heterocycles. The Kier molecular flexibility index (Phi) is 7.80. The maximum Gasteiger partial charge on any atom is 0.238 e. The number of hydrogen-bond acceptors (Lipinski definition) is 5. The molecule has 3 aliphatic carbocycles. The first-order valence-corrected chi connectivity index (χ1v) is 17.3. The molecule has 0 spiro atoms. The van der Waals surface area contributed by atoms with Gasteiger partial charge in [-0.15, -0.1) is 6.58 Å². The molecule has 6 nitrogen and oxygen atoms in total. The van der Waals surface area contributed by atoms with Gasteiger partial charge < -0.3 is 5.11 Å². The van der Waals surface area contributed by atoms with Gasteiger partial charge in [0, 0.05) is 28.0 Å². The average Bonchev–Trinajstić information content (AvgIpc) is 3.40. The van der Waals surface area contributed by atoms with E-state index in [1.54, 1.807) is 30.3 Å². The minimum Gasteiger partial charge on any atom is -0.507 e. The van der Waals surface area contributed by atoms with Crippen molar-refractivity contribution in [1.82, 2.24) is 0 Å². The summed E-state index contributed by atoms with van der Waals surface area (Å²) in [7, 11) is 0. The number of aromatic hydroxyl groups is 1. The Bertz CT molecular complexity index is 2140. The Balaban J connectivity index is 1.38. The molecule has 1 saturated heterocycles. The van der Waals surface area contributed by atoms with Crippen LogP contribution >= 0.6 is 11.6 Å². The van der Waals surface area contributed by atoms with E-state index in [1.165, 1.54) is 11.0 Å². The number of benzene rings is 4. The SMILES string of the molecule is C=CCc1cccc(C2C3=CCC4C(=O)N(c5ccc(Cl)cc5)C(=O)C4C3CC3C(=O)C(c4ccccc4)=CC(=O)C32c2ccccc2)c1O.